The van der Waals surface area contributed by atoms with Crippen LogP contribution in [0.4, 0.5) is 17.1 Å². The Morgan fingerprint density at radius 2 is 1.57 bits per heavy atom. The summed E-state index contributed by atoms with van der Waals surface area (Å²) in [5, 5.41) is 12.2. The van der Waals surface area contributed by atoms with E-state index in [9.17, 15) is 19.5 Å². The summed E-state index contributed by atoms with van der Waals surface area (Å²) in [5.74, 6) is -1.71. The van der Waals surface area contributed by atoms with Crippen LogP contribution in [0.1, 0.15) is 42.2 Å². The molecule has 0 aliphatic heterocycles. The number of aromatic carboxylic acids is 1. The van der Waals surface area contributed by atoms with E-state index in [1.165, 1.54) is 12.1 Å². The smallest absolute Gasteiger partial charge is 0.335 e. The number of nitrogens with two attached hydrogens (primary N) is 1. The lowest BCUT2D eigenvalue weighted by molar-refractivity contribution is 0.0696. The average Bonchev–Trinajstić information content (AvgIpc) is 2.69. The summed E-state index contributed by atoms with van der Waals surface area (Å²) < 4.78 is 0.462. The van der Waals surface area contributed by atoms with E-state index >= 15 is 0 Å². The van der Waals surface area contributed by atoms with Crippen LogP contribution >= 0.6 is 15.9 Å². The largest absolute Gasteiger partial charge is 0.478 e. The molecule has 3 aromatic rings. The Bertz CT molecular complexity index is 1190. The molecule has 0 fully saturated rings. The lowest BCUT2D eigenvalue weighted by atomic mass is 9.82. The number of hydrogen-bond acceptors (Lipinski definition) is 5. The monoisotopic (exact) mass is 436 g/mol. The third-order valence-corrected chi connectivity index (χ3v) is 5.23. The van der Waals surface area contributed by atoms with Gasteiger partial charge >= 0.3 is 5.97 Å². The first-order valence-electron chi connectivity index (χ1n) is 8.29. The maximum atomic E-state index is 13.1. The molecule has 7 heteroatoms. The highest BCUT2D eigenvalue weighted by Gasteiger charge is 2.34. The number of carboxylic acids is 1. The van der Waals surface area contributed by atoms with E-state index in [4.69, 9.17) is 5.73 Å². The van der Waals surface area contributed by atoms with Crippen LogP contribution in [-0.2, 0) is 0 Å². The van der Waals surface area contributed by atoms with E-state index in [1.54, 1.807) is 42.5 Å². The fourth-order valence-corrected chi connectivity index (χ4v) is 3.70. The number of carbonyl (C=O) groups excluding carboxylic acids is 2. The number of rotatable bonds is 3. The van der Waals surface area contributed by atoms with Gasteiger partial charge in [-0.3, -0.25) is 9.59 Å². The molecule has 6 nitrogen and oxygen atoms in total. The lowest BCUT2D eigenvalue weighted by Crippen LogP contribution is -2.23. The van der Waals surface area contributed by atoms with Gasteiger partial charge in [0.1, 0.15) is 0 Å². The summed E-state index contributed by atoms with van der Waals surface area (Å²) in [7, 11) is 0. The number of fused-ring (bicyclic) bond motifs is 2. The number of halogens is 1. The van der Waals surface area contributed by atoms with Gasteiger partial charge in [0.05, 0.1) is 28.1 Å². The Labute approximate surface area is 168 Å². The van der Waals surface area contributed by atoms with Crippen molar-refractivity contribution in [1.29, 1.82) is 0 Å². The highest BCUT2D eigenvalue weighted by Crippen LogP contribution is 2.40. The number of nitrogens with one attached hydrogen (secondary N) is 1. The van der Waals surface area contributed by atoms with Crippen molar-refractivity contribution in [3.8, 4) is 0 Å². The van der Waals surface area contributed by atoms with Crippen molar-refractivity contribution in [3.05, 3.63) is 86.9 Å². The summed E-state index contributed by atoms with van der Waals surface area (Å²) in [6, 6.07) is 14.4. The van der Waals surface area contributed by atoms with Crippen molar-refractivity contribution in [2.75, 3.05) is 11.1 Å². The maximum absolute atomic E-state index is 13.1. The zero-order chi connectivity index (χ0) is 20.0. The number of anilines is 3. The van der Waals surface area contributed by atoms with Crippen LogP contribution in [0.5, 0.6) is 0 Å². The molecule has 1 aliphatic rings. The molecule has 0 unspecified atom stereocenters. The van der Waals surface area contributed by atoms with E-state index < -0.39 is 5.97 Å². The van der Waals surface area contributed by atoms with Crippen molar-refractivity contribution in [1.82, 2.24) is 0 Å². The zero-order valence-corrected chi connectivity index (χ0v) is 15.9. The minimum atomic E-state index is -1.07. The van der Waals surface area contributed by atoms with Crippen LogP contribution in [0.3, 0.4) is 0 Å². The van der Waals surface area contributed by atoms with Gasteiger partial charge < -0.3 is 16.2 Å². The van der Waals surface area contributed by atoms with Gasteiger partial charge in [-0.15, -0.1) is 0 Å². The number of benzene rings is 3. The van der Waals surface area contributed by atoms with Crippen LogP contribution in [0.2, 0.25) is 0 Å². The normalized spacial score (nSPS) is 12.3. The van der Waals surface area contributed by atoms with Gasteiger partial charge in [-0.05, 0) is 40.2 Å². The Kier molecular flexibility index (Phi) is 4.24. The van der Waals surface area contributed by atoms with Crippen molar-refractivity contribution >= 4 is 50.5 Å². The highest BCUT2D eigenvalue weighted by atomic mass is 79.9. The summed E-state index contributed by atoms with van der Waals surface area (Å²) in [5.41, 5.74) is 8.16. The lowest BCUT2D eigenvalue weighted by Gasteiger charge is -2.23. The molecule has 0 spiro atoms. The molecular weight excluding hydrogens is 424 g/mol. The van der Waals surface area contributed by atoms with E-state index in [2.05, 4.69) is 21.2 Å². The highest BCUT2D eigenvalue weighted by molar-refractivity contribution is 9.10. The van der Waals surface area contributed by atoms with Crippen molar-refractivity contribution in [3.63, 3.8) is 0 Å². The predicted molar refractivity (Wildman–Crippen MR) is 109 cm³/mol. The fourth-order valence-electron chi connectivity index (χ4n) is 3.27. The van der Waals surface area contributed by atoms with E-state index in [1.807, 2.05) is 0 Å². The van der Waals surface area contributed by atoms with Crippen LogP contribution in [0, 0.1) is 0 Å². The Hall–Kier alpha value is -3.45. The molecule has 28 heavy (non-hydrogen) atoms. The summed E-state index contributed by atoms with van der Waals surface area (Å²) in [6.07, 6.45) is 0. The second-order valence-corrected chi connectivity index (χ2v) is 7.14. The van der Waals surface area contributed by atoms with Gasteiger partial charge in [0, 0.05) is 21.3 Å². The number of carbonyl (C=O) groups is 3. The van der Waals surface area contributed by atoms with Gasteiger partial charge in [-0.2, -0.15) is 0 Å². The third-order valence-electron chi connectivity index (χ3n) is 4.58. The molecule has 3 aromatic carbocycles. The predicted octanol–water partition coefficient (Wildman–Crippen LogP) is 4.25. The first kappa shape index (κ1) is 17.9. The van der Waals surface area contributed by atoms with E-state index in [0.717, 1.165) is 0 Å². The van der Waals surface area contributed by atoms with Gasteiger partial charge in [-0.1, -0.05) is 30.3 Å². The second-order valence-electron chi connectivity index (χ2n) is 6.28. The Morgan fingerprint density at radius 1 is 0.929 bits per heavy atom. The van der Waals surface area contributed by atoms with Crippen LogP contribution in [0.25, 0.3) is 0 Å². The quantitative estimate of drug-likeness (QED) is 0.414. The molecular formula is C21H13BrN2O4. The molecule has 4 N–H and O–H groups in total. The summed E-state index contributed by atoms with van der Waals surface area (Å²) >= 11 is 3.34. The Balaban J connectivity index is 1.90. The molecule has 0 radical (unpaired) electrons. The van der Waals surface area contributed by atoms with Crippen LogP contribution in [0.15, 0.2) is 59.1 Å². The summed E-state index contributed by atoms with van der Waals surface area (Å²) in [6.45, 7) is 0. The molecule has 0 saturated carbocycles. The molecule has 1 aliphatic carbocycles. The summed E-state index contributed by atoms with van der Waals surface area (Å²) in [4.78, 5) is 37.4. The van der Waals surface area contributed by atoms with Gasteiger partial charge in [0.25, 0.3) is 0 Å². The average molecular weight is 437 g/mol. The topological polar surface area (TPSA) is 109 Å². The molecule has 4 rings (SSSR count). The number of ketones is 2. The first-order valence-corrected chi connectivity index (χ1v) is 9.08. The molecule has 0 saturated heterocycles. The maximum Gasteiger partial charge on any atom is 0.335 e. The number of hydrogen-bond donors (Lipinski definition) is 3. The second kappa shape index (κ2) is 6.61. The molecule has 0 bridgehead atoms. The third kappa shape index (κ3) is 2.76. The van der Waals surface area contributed by atoms with Crippen molar-refractivity contribution < 1.29 is 19.5 Å². The standard InChI is InChI=1S/C21H13BrN2O4/c22-14-9-15(24-11-5-3-4-10(8-11)21(27)28)16-17(18(14)23)20(26)13-7-2-1-6-12(13)19(16)25/h1-9,24H,23H2,(H,27,28). The molecule has 0 heterocycles. The molecule has 138 valence electrons. The van der Waals surface area contributed by atoms with Gasteiger partial charge in [-0.25, -0.2) is 4.79 Å². The minimum absolute atomic E-state index is 0.0983. The van der Waals surface area contributed by atoms with Crippen LogP contribution < -0.4 is 11.1 Å². The van der Waals surface area contributed by atoms with E-state index in [-0.39, 0.29) is 33.9 Å². The van der Waals surface area contributed by atoms with E-state index in [0.29, 0.717) is 27.0 Å². The number of nitrogen functional groups attached to an aromatic ring is 1. The van der Waals surface area contributed by atoms with Crippen LogP contribution in [-0.4, -0.2) is 22.6 Å². The SMILES string of the molecule is Nc1c(Br)cc(Nc2cccc(C(=O)O)c2)c2c1C(=O)c1ccccc1C2=O. The van der Waals surface area contributed by atoms with Crippen molar-refractivity contribution in [2.24, 2.45) is 0 Å². The molecule has 0 aromatic heterocycles. The minimum Gasteiger partial charge on any atom is -0.478 e. The molecule has 0 atom stereocenters. The Morgan fingerprint density at radius 3 is 2.21 bits per heavy atom. The number of carboxylic acid groups (broad SMARTS) is 1. The van der Waals surface area contributed by atoms with Crippen molar-refractivity contribution in [2.45, 2.75) is 0 Å². The van der Waals surface area contributed by atoms with Gasteiger partial charge in [0.2, 0.25) is 0 Å². The fraction of sp³-hybridized carbons (Fsp3) is 0. The zero-order valence-electron chi connectivity index (χ0n) is 14.3. The first-order chi connectivity index (χ1) is 13.4. The molecule has 0 amide bonds. The van der Waals surface area contributed by atoms with Gasteiger partial charge in [0.15, 0.2) is 11.6 Å².